The summed E-state index contributed by atoms with van der Waals surface area (Å²) in [7, 11) is 0. The Morgan fingerprint density at radius 2 is 1.91 bits per heavy atom. The fraction of sp³-hybridized carbons (Fsp3) is 0.625. The summed E-state index contributed by atoms with van der Waals surface area (Å²) in [6, 6.07) is 1.98. The molecule has 1 atom stereocenters. The third-order valence-corrected chi connectivity index (χ3v) is 5.48. The molecule has 0 saturated carbocycles. The summed E-state index contributed by atoms with van der Waals surface area (Å²) in [5.74, 6) is -0.496. The number of ether oxygens (including phenoxy) is 1. The van der Waals surface area contributed by atoms with E-state index in [4.69, 9.17) is 4.74 Å². The Kier molecular flexibility index (Phi) is 5.10. The Balaban J connectivity index is 1.57. The molecule has 1 fully saturated rings. The van der Waals surface area contributed by atoms with Crippen molar-refractivity contribution in [2.75, 3.05) is 6.61 Å². The minimum absolute atomic E-state index is 0.233. The third-order valence-electron chi connectivity index (χ3n) is 4.24. The lowest BCUT2D eigenvalue weighted by Gasteiger charge is -2.10. The SMILES string of the molecule is O=C(NNC(=O)C1CCCO1)c1cc2c(s1)CCCCCC2. The second kappa shape index (κ2) is 7.24. The molecule has 1 unspecified atom stereocenters. The van der Waals surface area contributed by atoms with Crippen molar-refractivity contribution in [1.82, 2.24) is 10.9 Å². The number of rotatable bonds is 2. The Labute approximate surface area is 134 Å². The van der Waals surface area contributed by atoms with Gasteiger partial charge < -0.3 is 4.74 Å². The molecule has 5 nitrogen and oxygen atoms in total. The highest BCUT2D eigenvalue weighted by atomic mass is 32.1. The maximum atomic E-state index is 12.2. The first-order valence-electron chi connectivity index (χ1n) is 8.07. The zero-order valence-electron chi connectivity index (χ0n) is 12.7. The van der Waals surface area contributed by atoms with Crippen molar-refractivity contribution in [2.45, 2.75) is 57.5 Å². The van der Waals surface area contributed by atoms with Crippen molar-refractivity contribution in [2.24, 2.45) is 0 Å². The average Bonchev–Trinajstić information content (AvgIpc) is 3.14. The van der Waals surface area contributed by atoms with Crippen LogP contribution < -0.4 is 10.9 Å². The average molecular weight is 322 g/mol. The summed E-state index contributed by atoms with van der Waals surface area (Å²) in [5, 5.41) is 0. The van der Waals surface area contributed by atoms with E-state index in [1.165, 1.54) is 36.1 Å². The zero-order chi connectivity index (χ0) is 15.4. The number of thiophene rings is 1. The van der Waals surface area contributed by atoms with Crippen LogP contribution in [-0.4, -0.2) is 24.5 Å². The number of hydrogen-bond acceptors (Lipinski definition) is 4. The van der Waals surface area contributed by atoms with Gasteiger partial charge >= 0.3 is 0 Å². The van der Waals surface area contributed by atoms with E-state index in [1.807, 2.05) is 6.07 Å². The summed E-state index contributed by atoms with van der Waals surface area (Å²) in [6.45, 7) is 0.615. The van der Waals surface area contributed by atoms with E-state index in [0.717, 1.165) is 25.7 Å². The zero-order valence-corrected chi connectivity index (χ0v) is 13.5. The minimum atomic E-state index is -0.427. The first kappa shape index (κ1) is 15.5. The molecular weight excluding hydrogens is 300 g/mol. The quantitative estimate of drug-likeness (QED) is 0.821. The molecule has 1 aliphatic carbocycles. The molecule has 6 heteroatoms. The molecule has 1 saturated heterocycles. The summed E-state index contributed by atoms with van der Waals surface area (Å²) in [5.41, 5.74) is 6.28. The molecule has 2 N–H and O–H groups in total. The molecule has 2 amide bonds. The summed E-state index contributed by atoms with van der Waals surface area (Å²) >= 11 is 1.56. The van der Waals surface area contributed by atoms with E-state index in [2.05, 4.69) is 10.9 Å². The van der Waals surface area contributed by atoms with Crippen LogP contribution in [-0.2, 0) is 22.4 Å². The van der Waals surface area contributed by atoms with Crippen molar-refractivity contribution in [3.8, 4) is 0 Å². The van der Waals surface area contributed by atoms with E-state index in [9.17, 15) is 9.59 Å². The molecule has 2 heterocycles. The van der Waals surface area contributed by atoms with Gasteiger partial charge in [0.2, 0.25) is 0 Å². The van der Waals surface area contributed by atoms with Crippen LogP contribution in [0.1, 0.15) is 58.6 Å². The van der Waals surface area contributed by atoms with Crippen LogP contribution in [0.4, 0.5) is 0 Å². The van der Waals surface area contributed by atoms with Crippen LogP contribution in [0.5, 0.6) is 0 Å². The van der Waals surface area contributed by atoms with Gasteiger partial charge in [0.25, 0.3) is 11.8 Å². The van der Waals surface area contributed by atoms with Crippen LogP contribution in [0.25, 0.3) is 0 Å². The van der Waals surface area contributed by atoms with Gasteiger partial charge in [0.15, 0.2) is 0 Å². The van der Waals surface area contributed by atoms with Crippen molar-refractivity contribution < 1.29 is 14.3 Å². The normalized spacial score (nSPS) is 21.5. The molecule has 120 valence electrons. The van der Waals surface area contributed by atoms with Gasteiger partial charge in [0.1, 0.15) is 6.10 Å². The molecular formula is C16H22N2O3S. The first-order valence-corrected chi connectivity index (χ1v) is 8.89. The fourth-order valence-electron chi connectivity index (χ4n) is 3.00. The lowest BCUT2D eigenvalue weighted by atomic mass is 10.00. The van der Waals surface area contributed by atoms with Crippen LogP contribution in [0.3, 0.4) is 0 Å². The Bertz CT molecular complexity index is 524. The first-order chi connectivity index (χ1) is 10.7. The number of nitrogens with one attached hydrogen (secondary N) is 2. The largest absolute Gasteiger partial charge is 0.368 e. The molecule has 3 rings (SSSR count). The predicted molar refractivity (Wildman–Crippen MR) is 84.8 cm³/mol. The van der Waals surface area contributed by atoms with Crippen LogP contribution >= 0.6 is 11.3 Å². The van der Waals surface area contributed by atoms with Gasteiger partial charge in [-0.3, -0.25) is 20.4 Å². The maximum Gasteiger partial charge on any atom is 0.279 e. The fourth-order valence-corrected chi connectivity index (χ4v) is 4.15. The monoisotopic (exact) mass is 322 g/mol. The second-order valence-corrected chi connectivity index (χ2v) is 7.06. The molecule has 0 aromatic carbocycles. The molecule has 2 aliphatic rings. The number of amides is 2. The van der Waals surface area contributed by atoms with Crippen molar-refractivity contribution >= 4 is 23.2 Å². The molecule has 0 spiro atoms. The molecule has 0 radical (unpaired) electrons. The van der Waals surface area contributed by atoms with Crippen LogP contribution in [0, 0.1) is 0 Å². The highest BCUT2D eigenvalue weighted by Gasteiger charge is 2.24. The van der Waals surface area contributed by atoms with Gasteiger partial charge in [-0.05, 0) is 50.2 Å². The Morgan fingerprint density at radius 3 is 2.68 bits per heavy atom. The van der Waals surface area contributed by atoms with Crippen molar-refractivity contribution in [3.05, 3.63) is 21.4 Å². The summed E-state index contributed by atoms with van der Waals surface area (Å²) in [4.78, 5) is 26.0. The third kappa shape index (κ3) is 3.67. The highest BCUT2D eigenvalue weighted by Crippen LogP contribution is 2.28. The Morgan fingerprint density at radius 1 is 1.09 bits per heavy atom. The minimum Gasteiger partial charge on any atom is -0.368 e. The molecule has 0 bridgehead atoms. The van der Waals surface area contributed by atoms with Gasteiger partial charge in [-0.15, -0.1) is 11.3 Å². The predicted octanol–water partition coefficient (Wildman–Crippen LogP) is 2.35. The lowest BCUT2D eigenvalue weighted by molar-refractivity contribution is -0.130. The number of carbonyl (C=O) groups is 2. The van der Waals surface area contributed by atoms with Gasteiger partial charge in [-0.2, -0.15) is 0 Å². The molecule has 1 aliphatic heterocycles. The highest BCUT2D eigenvalue weighted by molar-refractivity contribution is 7.14. The number of hydrazine groups is 1. The van der Waals surface area contributed by atoms with Gasteiger partial charge in [-0.1, -0.05) is 12.8 Å². The Hall–Kier alpha value is -1.40. The molecule has 22 heavy (non-hydrogen) atoms. The van der Waals surface area contributed by atoms with E-state index in [-0.39, 0.29) is 11.8 Å². The van der Waals surface area contributed by atoms with E-state index in [1.54, 1.807) is 11.3 Å². The smallest absolute Gasteiger partial charge is 0.279 e. The van der Waals surface area contributed by atoms with Crippen molar-refractivity contribution in [3.63, 3.8) is 0 Å². The second-order valence-electron chi connectivity index (χ2n) is 5.92. The number of aryl methyl sites for hydroxylation is 2. The lowest BCUT2D eigenvalue weighted by Crippen LogP contribution is -2.46. The van der Waals surface area contributed by atoms with E-state index < -0.39 is 6.10 Å². The van der Waals surface area contributed by atoms with E-state index in [0.29, 0.717) is 11.5 Å². The number of hydrogen-bond donors (Lipinski definition) is 2. The summed E-state index contributed by atoms with van der Waals surface area (Å²) < 4.78 is 5.29. The van der Waals surface area contributed by atoms with Gasteiger partial charge in [0.05, 0.1) is 4.88 Å². The summed E-state index contributed by atoms with van der Waals surface area (Å²) in [6.07, 6.45) is 8.24. The van der Waals surface area contributed by atoms with E-state index >= 15 is 0 Å². The van der Waals surface area contributed by atoms with Crippen molar-refractivity contribution in [1.29, 1.82) is 0 Å². The number of fused-ring (bicyclic) bond motifs is 1. The standard InChI is InChI=1S/C16H22N2O3S/c19-15(12-7-5-9-21-12)17-18-16(20)14-10-11-6-3-1-2-4-8-13(11)22-14/h10,12H,1-9H2,(H,17,19)(H,18,20). The van der Waals surface area contributed by atoms with Gasteiger partial charge in [0, 0.05) is 11.5 Å². The topological polar surface area (TPSA) is 67.4 Å². The van der Waals surface area contributed by atoms with Crippen LogP contribution in [0.15, 0.2) is 6.07 Å². The number of carbonyl (C=O) groups excluding carboxylic acids is 2. The van der Waals surface area contributed by atoms with Gasteiger partial charge in [-0.25, -0.2) is 0 Å². The molecule has 1 aromatic rings. The van der Waals surface area contributed by atoms with Crippen LogP contribution in [0.2, 0.25) is 0 Å². The molecule has 1 aromatic heterocycles. The maximum absolute atomic E-state index is 12.2.